The Morgan fingerprint density at radius 1 is 1.19 bits per heavy atom. The number of Topliss-reactive ketones (excluding diaryl/α,β-unsaturated/α-hetero) is 1. The summed E-state index contributed by atoms with van der Waals surface area (Å²) in [6, 6.07) is 5.19. The van der Waals surface area contributed by atoms with E-state index >= 15 is 0 Å². The zero-order valence-electron chi connectivity index (χ0n) is 15.1. The van der Waals surface area contributed by atoms with Gasteiger partial charge in [0.2, 0.25) is 12.7 Å². The van der Waals surface area contributed by atoms with Crippen molar-refractivity contribution in [2.75, 3.05) is 26.9 Å². The van der Waals surface area contributed by atoms with Crippen molar-refractivity contribution < 1.29 is 23.9 Å². The predicted molar refractivity (Wildman–Crippen MR) is 95.6 cm³/mol. The number of benzene rings is 1. The van der Waals surface area contributed by atoms with Gasteiger partial charge in [0.05, 0.1) is 0 Å². The van der Waals surface area contributed by atoms with Gasteiger partial charge in [-0.25, -0.2) is 5.01 Å². The van der Waals surface area contributed by atoms with Crippen LogP contribution in [0.15, 0.2) is 23.3 Å². The first-order chi connectivity index (χ1) is 13.0. The van der Waals surface area contributed by atoms with Crippen molar-refractivity contribution in [1.82, 2.24) is 9.91 Å². The number of rotatable bonds is 3. The number of carbonyl (C=O) groups is 3. The first kappa shape index (κ1) is 17.5. The van der Waals surface area contributed by atoms with Crippen LogP contribution in [0.2, 0.25) is 0 Å². The number of fused-ring (bicyclic) bond motifs is 1. The molecular weight excluding hydrogens is 350 g/mol. The van der Waals surface area contributed by atoms with Gasteiger partial charge in [-0.15, -0.1) is 0 Å². The van der Waals surface area contributed by atoms with Crippen LogP contribution in [0.1, 0.15) is 36.0 Å². The van der Waals surface area contributed by atoms with Gasteiger partial charge in [0.25, 0.3) is 5.91 Å². The minimum Gasteiger partial charge on any atom is -0.454 e. The van der Waals surface area contributed by atoms with Crippen LogP contribution in [0.4, 0.5) is 0 Å². The van der Waals surface area contributed by atoms with E-state index in [0.29, 0.717) is 42.3 Å². The van der Waals surface area contributed by atoms with Crippen LogP contribution in [0.25, 0.3) is 0 Å². The second kappa shape index (κ2) is 7.02. The summed E-state index contributed by atoms with van der Waals surface area (Å²) in [5.41, 5.74) is 0.951. The van der Waals surface area contributed by atoms with Gasteiger partial charge in [-0.2, -0.15) is 5.10 Å². The zero-order valence-corrected chi connectivity index (χ0v) is 15.1. The van der Waals surface area contributed by atoms with Gasteiger partial charge < -0.3 is 14.4 Å². The predicted octanol–water partition coefficient (Wildman–Crippen LogP) is 1.44. The van der Waals surface area contributed by atoms with Crippen LogP contribution < -0.4 is 9.47 Å². The Balaban J connectivity index is 1.46. The van der Waals surface area contributed by atoms with E-state index in [1.54, 1.807) is 30.1 Å². The van der Waals surface area contributed by atoms with Gasteiger partial charge in [0.15, 0.2) is 17.3 Å². The minimum absolute atomic E-state index is 0.00341. The second-order valence-electron chi connectivity index (χ2n) is 6.99. The Kier molecular flexibility index (Phi) is 4.55. The summed E-state index contributed by atoms with van der Waals surface area (Å²) in [5.74, 6) is 0.684. The van der Waals surface area contributed by atoms with Crippen molar-refractivity contribution in [3.05, 3.63) is 23.8 Å². The smallest absolute Gasteiger partial charge is 0.270 e. The number of ketones is 1. The summed E-state index contributed by atoms with van der Waals surface area (Å²) in [7, 11) is 1.55. The lowest BCUT2D eigenvalue weighted by Crippen LogP contribution is -2.46. The Hall–Kier alpha value is -2.90. The first-order valence-electron chi connectivity index (χ1n) is 9.10. The number of likely N-dealkylation sites (tertiary alicyclic amines) is 1. The number of amides is 2. The molecule has 3 heterocycles. The molecule has 1 aromatic carbocycles. The molecule has 1 fully saturated rings. The van der Waals surface area contributed by atoms with Crippen molar-refractivity contribution in [1.29, 1.82) is 0 Å². The van der Waals surface area contributed by atoms with Crippen LogP contribution in [-0.2, 0) is 9.59 Å². The Morgan fingerprint density at radius 3 is 2.81 bits per heavy atom. The maximum absolute atomic E-state index is 12.9. The number of hydrazone groups is 1. The highest BCUT2D eigenvalue weighted by Crippen LogP contribution is 2.34. The van der Waals surface area contributed by atoms with E-state index in [-0.39, 0.29) is 36.7 Å². The molecule has 3 aliphatic heterocycles. The van der Waals surface area contributed by atoms with Crippen molar-refractivity contribution in [2.24, 2.45) is 11.0 Å². The molecule has 0 N–H and O–H groups in total. The molecule has 8 heteroatoms. The molecule has 0 bridgehead atoms. The molecule has 4 rings (SSSR count). The summed E-state index contributed by atoms with van der Waals surface area (Å²) in [5, 5.41) is 5.32. The highest BCUT2D eigenvalue weighted by atomic mass is 16.7. The fourth-order valence-corrected chi connectivity index (χ4v) is 3.67. The molecule has 0 unspecified atom stereocenters. The average molecular weight is 371 g/mol. The number of hydrogen-bond donors (Lipinski definition) is 0. The van der Waals surface area contributed by atoms with Crippen LogP contribution in [-0.4, -0.2) is 60.1 Å². The Morgan fingerprint density at radius 2 is 2.00 bits per heavy atom. The summed E-state index contributed by atoms with van der Waals surface area (Å²) in [6.07, 6.45) is 2.13. The van der Waals surface area contributed by atoms with Gasteiger partial charge in [-0.05, 0) is 31.0 Å². The monoisotopic (exact) mass is 371 g/mol. The summed E-state index contributed by atoms with van der Waals surface area (Å²) < 4.78 is 10.6. The molecule has 0 radical (unpaired) electrons. The highest BCUT2D eigenvalue weighted by molar-refractivity contribution is 6.39. The molecule has 27 heavy (non-hydrogen) atoms. The van der Waals surface area contributed by atoms with E-state index in [2.05, 4.69) is 5.10 Å². The summed E-state index contributed by atoms with van der Waals surface area (Å²) >= 11 is 0. The third-order valence-corrected chi connectivity index (χ3v) is 5.19. The molecule has 0 spiro atoms. The molecule has 1 saturated heterocycles. The van der Waals surface area contributed by atoms with Crippen LogP contribution >= 0.6 is 0 Å². The number of piperidine rings is 1. The molecule has 1 atom stereocenters. The molecule has 1 aromatic rings. The van der Waals surface area contributed by atoms with Gasteiger partial charge in [0.1, 0.15) is 5.71 Å². The molecule has 0 aliphatic carbocycles. The maximum Gasteiger partial charge on any atom is 0.270 e. The molecular formula is C19H21N3O5. The van der Waals surface area contributed by atoms with Crippen molar-refractivity contribution in [2.45, 2.75) is 25.7 Å². The van der Waals surface area contributed by atoms with Crippen molar-refractivity contribution in [3.8, 4) is 11.5 Å². The lowest BCUT2D eigenvalue weighted by Gasteiger charge is -2.33. The van der Waals surface area contributed by atoms with E-state index in [4.69, 9.17) is 9.47 Å². The number of carbonyl (C=O) groups excluding carboxylic acids is 3. The third kappa shape index (κ3) is 3.39. The largest absolute Gasteiger partial charge is 0.454 e. The SMILES string of the molecule is CN1N=C(C(=O)N2CCC[C@@H](C(=O)c3ccc4c(c3)OCO4)C2)CCC1=O. The molecule has 3 aliphatic rings. The van der Waals surface area contributed by atoms with Crippen LogP contribution in [0, 0.1) is 5.92 Å². The third-order valence-electron chi connectivity index (χ3n) is 5.19. The lowest BCUT2D eigenvalue weighted by molar-refractivity contribution is -0.130. The first-order valence-corrected chi connectivity index (χ1v) is 9.10. The van der Waals surface area contributed by atoms with Crippen molar-refractivity contribution >= 4 is 23.3 Å². The van der Waals surface area contributed by atoms with Crippen LogP contribution in [0.5, 0.6) is 11.5 Å². The molecule has 142 valence electrons. The minimum atomic E-state index is -0.258. The quantitative estimate of drug-likeness (QED) is 0.751. The molecule has 8 nitrogen and oxygen atoms in total. The number of ether oxygens (including phenoxy) is 2. The standard InChI is InChI=1S/C19H21N3O5/c1-21-17(23)7-5-14(20-21)19(25)22-8-2-3-13(10-22)18(24)12-4-6-15-16(9-12)27-11-26-15/h4,6,9,13H,2-3,5,7-8,10-11H2,1H3/t13-/m1/s1. The Labute approximate surface area is 156 Å². The van der Waals surface area contributed by atoms with E-state index in [9.17, 15) is 14.4 Å². The van der Waals surface area contributed by atoms with E-state index in [0.717, 1.165) is 12.8 Å². The van der Waals surface area contributed by atoms with Gasteiger partial charge in [-0.3, -0.25) is 14.4 Å². The topological polar surface area (TPSA) is 88.5 Å². The summed E-state index contributed by atoms with van der Waals surface area (Å²) in [6.45, 7) is 1.13. The van der Waals surface area contributed by atoms with Crippen molar-refractivity contribution in [3.63, 3.8) is 0 Å². The van der Waals surface area contributed by atoms with E-state index in [1.165, 1.54) is 5.01 Å². The highest BCUT2D eigenvalue weighted by Gasteiger charge is 2.33. The normalized spacial score (nSPS) is 21.9. The van der Waals surface area contributed by atoms with Gasteiger partial charge in [-0.1, -0.05) is 0 Å². The molecule has 0 aromatic heterocycles. The van der Waals surface area contributed by atoms with Crippen LogP contribution in [0.3, 0.4) is 0 Å². The summed E-state index contributed by atoms with van der Waals surface area (Å²) in [4.78, 5) is 38.9. The fourth-order valence-electron chi connectivity index (χ4n) is 3.67. The molecule has 0 saturated carbocycles. The van der Waals surface area contributed by atoms with Gasteiger partial charge >= 0.3 is 0 Å². The second-order valence-corrected chi connectivity index (χ2v) is 6.99. The number of hydrogen-bond acceptors (Lipinski definition) is 6. The molecule has 2 amide bonds. The maximum atomic E-state index is 12.9. The van der Waals surface area contributed by atoms with Gasteiger partial charge in [0, 0.05) is 44.5 Å². The van der Waals surface area contributed by atoms with E-state index < -0.39 is 0 Å². The fraction of sp³-hybridized carbons (Fsp3) is 0.474. The average Bonchev–Trinajstić information content (AvgIpc) is 3.17. The van der Waals surface area contributed by atoms with E-state index in [1.807, 2.05) is 0 Å². The lowest BCUT2D eigenvalue weighted by atomic mass is 9.89. The Bertz CT molecular complexity index is 835. The number of nitrogens with zero attached hydrogens (tertiary/aromatic N) is 3. The zero-order chi connectivity index (χ0) is 19.0.